The molecule has 0 aromatic heterocycles. The number of benzene rings is 1. The normalized spacial score (nSPS) is 13.3. The van der Waals surface area contributed by atoms with Gasteiger partial charge in [0.2, 0.25) is 5.91 Å². The molecule has 0 fully saturated rings. The van der Waals surface area contributed by atoms with E-state index < -0.39 is 29.6 Å². The fourth-order valence-electron chi connectivity index (χ4n) is 2.53. The second kappa shape index (κ2) is 8.87. The van der Waals surface area contributed by atoms with E-state index in [-0.39, 0.29) is 18.0 Å². The minimum Gasteiger partial charge on any atom is -0.392 e. The number of carbonyl (C=O) groups is 1. The Bertz CT molecular complexity index is 587. The third-order valence-corrected chi connectivity index (χ3v) is 3.49. The van der Waals surface area contributed by atoms with E-state index in [9.17, 15) is 23.1 Å². The van der Waals surface area contributed by atoms with Crippen LogP contribution in [0, 0.1) is 17.5 Å². The molecule has 3 nitrogen and oxygen atoms in total. The number of aliphatic hydroxyl groups excluding tert-OH is 1. The number of allylic oxidation sites excluding steroid dienone is 1. The molecule has 0 aliphatic carbocycles. The summed E-state index contributed by atoms with van der Waals surface area (Å²) in [5.41, 5.74) is 0.937. The number of aliphatic hydroxyl groups is 1. The van der Waals surface area contributed by atoms with E-state index in [0.717, 1.165) is 17.7 Å². The van der Waals surface area contributed by atoms with Crippen molar-refractivity contribution in [2.75, 3.05) is 6.54 Å². The second-order valence-corrected chi connectivity index (χ2v) is 6.16. The molecule has 0 saturated carbocycles. The number of hydrogen-bond donors (Lipinski definition) is 1. The average Bonchev–Trinajstić information content (AvgIpc) is 2.46. The van der Waals surface area contributed by atoms with E-state index in [1.165, 1.54) is 17.9 Å². The molecule has 0 saturated heterocycles. The van der Waals surface area contributed by atoms with Gasteiger partial charge in [0.05, 0.1) is 12.1 Å². The maximum atomic E-state index is 13.6. The lowest BCUT2D eigenvalue weighted by Crippen LogP contribution is -2.39. The monoisotopic (exact) mass is 343 g/mol. The molecule has 134 valence electrons. The first-order valence-corrected chi connectivity index (χ1v) is 7.95. The molecule has 0 bridgehead atoms. The van der Waals surface area contributed by atoms with Crippen molar-refractivity contribution in [3.8, 4) is 0 Å². The summed E-state index contributed by atoms with van der Waals surface area (Å²) < 4.78 is 40.4. The van der Waals surface area contributed by atoms with Crippen LogP contribution in [0.2, 0.25) is 0 Å². The molecule has 2 atom stereocenters. The average molecular weight is 343 g/mol. The molecule has 1 amide bonds. The predicted octanol–water partition coefficient (Wildman–Crippen LogP) is 4.12. The Morgan fingerprint density at radius 1 is 1.25 bits per heavy atom. The van der Waals surface area contributed by atoms with Crippen molar-refractivity contribution in [1.29, 1.82) is 0 Å². The van der Waals surface area contributed by atoms with Crippen LogP contribution >= 0.6 is 0 Å². The fourth-order valence-corrected chi connectivity index (χ4v) is 2.53. The zero-order chi connectivity index (χ0) is 18.4. The third-order valence-electron chi connectivity index (χ3n) is 3.49. The van der Waals surface area contributed by atoms with Crippen LogP contribution in [0.15, 0.2) is 23.8 Å². The molecule has 0 spiro atoms. The number of nitrogens with zero attached hydrogens (tertiary/aromatic N) is 1. The Morgan fingerprint density at radius 2 is 1.79 bits per heavy atom. The quantitative estimate of drug-likeness (QED) is 0.598. The summed E-state index contributed by atoms with van der Waals surface area (Å²) in [5, 5.41) is 9.70. The first-order chi connectivity index (χ1) is 11.2. The van der Waals surface area contributed by atoms with Crippen molar-refractivity contribution in [2.24, 2.45) is 0 Å². The summed E-state index contributed by atoms with van der Waals surface area (Å²) in [6.07, 6.45) is 1.67. The largest absolute Gasteiger partial charge is 0.392 e. The van der Waals surface area contributed by atoms with Gasteiger partial charge in [-0.1, -0.05) is 18.9 Å². The minimum absolute atomic E-state index is 0.00783. The smallest absolute Gasteiger partial charge is 0.247 e. The van der Waals surface area contributed by atoms with Crippen molar-refractivity contribution < 1.29 is 23.1 Å². The van der Waals surface area contributed by atoms with Gasteiger partial charge in [0.15, 0.2) is 17.5 Å². The lowest BCUT2D eigenvalue weighted by molar-refractivity contribution is -0.130. The summed E-state index contributed by atoms with van der Waals surface area (Å²) in [7, 11) is 0. The first kappa shape index (κ1) is 20.2. The van der Waals surface area contributed by atoms with Gasteiger partial charge in [-0.25, -0.2) is 13.2 Å². The molecule has 1 aromatic rings. The minimum atomic E-state index is -1.54. The van der Waals surface area contributed by atoms with E-state index in [4.69, 9.17) is 0 Å². The molecule has 24 heavy (non-hydrogen) atoms. The van der Waals surface area contributed by atoms with Gasteiger partial charge in [0.25, 0.3) is 0 Å². The van der Waals surface area contributed by atoms with Crippen molar-refractivity contribution >= 4 is 5.91 Å². The van der Waals surface area contributed by atoms with Crippen molar-refractivity contribution in [3.05, 3.63) is 46.8 Å². The molecule has 0 radical (unpaired) electrons. The lowest BCUT2D eigenvalue weighted by atomic mass is 9.99. The van der Waals surface area contributed by atoms with E-state index in [0.29, 0.717) is 12.8 Å². The first-order valence-electron chi connectivity index (χ1n) is 7.95. The number of amides is 1. The van der Waals surface area contributed by atoms with Gasteiger partial charge in [0.1, 0.15) is 0 Å². The summed E-state index contributed by atoms with van der Waals surface area (Å²) in [6, 6.07) is 1.16. The molecule has 0 aliphatic heterocycles. The highest BCUT2D eigenvalue weighted by Crippen LogP contribution is 2.29. The van der Waals surface area contributed by atoms with Crippen LogP contribution in [0.4, 0.5) is 13.2 Å². The Hall–Kier alpha value is -1.82. The molecule has 1 rings (SSSR count). The van der Waals surface area contributed by atoms with Crippen molar-refractivity contribution in [2.45, 2.75) is 52.7 Å². The molecule has 1 aromatic carbocycles. The molecular formula is C18H24F3NO2. The van der Waals surface area contributed by atoms with Gasteiger partial charge in [-0.3, -0.25) is 4.79 Å². The van der Waals surface area contributed by atoms with Crippen LogP contribution in [0.5, 0.6) is 0 Å². The topological polar surface area (TPSA) is 40.5 Å². The summed E-state index contributed by atoms with van der Waals surface area (Å²) in [5.74, 6) is -4.48. The molecule has 1 N–H and O–H groups in total. The Labute approximate surface area is 140 Å². The predicted molar refractivity (Wildman–Crippen MR) is 86.8 cm³/mol. The van der Waals surface area contributed by atoms with Gasteiger partial charge in [-0.15, -0.1) is 0 Å². The standard InChI is InChI=1S/C18H24F3NO2/c1-5-6-16(13-8-14(19)18(21)15(20)9-13)22(10-12(4)23)17(24)7-11(2)3/h7-9,12,16,23H,5-6,10H2,1-4H3. The maximum Gasteiger partial charge on any atom is 0.247 e. The number of hydrogen-bond acceptors (Lipinski definition) is 2. The molecule has 6 heteroatoms. The maximum absolute atomic E-state index is 13.6. The highest BCUT2D eigenvalue weighted by atomic mass is 19.2. The van der Waals surface area contributed by atoms with Gasteiger partial charge in [-0.05, 0) is 44.9 Å². The molecule has 0 heterocycles. The number of halogens is 3. The summed E-state index contributed by atoms with van der Waals surface area (Å²) in [4.78, 5) is 13.9. The Balaban J connectivity index is 3.35. The third kappa shape index (κ3) is 5.37. The SMILES string of the molecule is CCCC(c1cc(F)c(F)c(F)c1)N(CC(C)O)C(=O)C=C(C)C. The van der Waals surface area contributed by atoms with E-state index in [2.05, 4.69) is 0 Å². The number of rotatable bonds is 7. The van der Waals surface area contributed by atoms with Crippen molar-refractivity contribution in [3.63, 3.8) is 0 Å². The van der Waals surface area contributed by atoms with Crippen LogP contribution in [0.25, 0.3) is 0 Å². The lowest BCUT2D eigenvalue weighted by Gasteiger charge is -2.32. The summed E-state index contributed by atoms with van der Waals surface area (Å²) >= 11 is 0. The second-order valence-electron chi connectivity index (χ2n) is 6.16. The highest BCUT2D eigenvalue weighted by molar-refractivity contribution is 5.88. The van der Waals surface area contributed by atoms with Crippen LogP contribution < -0.4 is 0 Å². The van der Waals surface area contributed by atoms with Crippen molar-refractivity contribution in [1.82, 2.24) is 4.90 Å². The van der Waals surface area contributed by atoms with E-state index in [1.807, 2.05) is 6.92 Å². The molecule has 2 unspecified atom stereocenters. The van der Waals surface area contributed by atoms with Gasteiger partial charge < -0.3 is 10.0 Å². The van der Waals surface area contributed by atoms with Crippen LogP contribution in [-0.4, -0.2) is 28.6 Å². The molecular weight excluding hydrogens is 319 g/mol. The van der Waals surface area contributed by atoms with Gasteiger partial charge in [-0.2, -0.15) is 0 Å². The van der Waals surface area contributed by atoms with Gasteiger partial charge >= 0.3 is 0 Å². The zero-order valence-electron chi connectivity index (χ0n) is 14.4. The molecule has 0 aliphatic rings. The fraction of sp³-hybridized carbons (Fsp3) is 0.500. The highest BCUT2D eigenvalue weighted by Gasteiger charge is 2.26. The van der Waals surface area contributed by atoms with Crippen LogP contribution in [0.1, 0.15) is 52.1 Å². The van der Waals surface area contributed by atoms with Gasteiger partial charge in [0, 0.05) is 12.6 Å². The Kier molecular flexibility index (Phi) is 7.48. The van der Waals surface area contributed by atoms with Crippen LogP contribution in [0.3, 0.4) is 0 Å². The summed E-state index contributed by atoms with van der Waals surface area (Å²) in [6.45, 7) is 6.91. The Morgan fingerprint density at radius 3 is 2.21 bits per heavy atom. The van der Waals surface area contributed by atoms with E-state index in [1.54, 1.807) is 13.8 Å². The zero-order valence-corrected chi connectivity index (χ0v) is 14.4. The van der Waals surface area contributed by atoms with Crippen LogP contribution in [-0.2, 0) is 4.79 Å². The number of carbonyl (C=O) groups excluding carboxylic acids is 1. The van der Waals surface area contributed by atoms with E-state index >= 15 is 0 Å².